The van der Waals surface area contributed by atoms with E-state index in [1.54, 1.807) is 0 Å². The summed E-state index contributed by atoms with van der Waals surface area (Å²) in [4.78, 5) is 0. The third kappa shape index (κ3) is 2.08. The maximum atomic E-state index is 2.47. The van der Waals surface area contributed by atoms with Gasteiger partial charge in [-0.3, -0.25) is 0 Å². The predicted molar refractivity (Wildman–Crippen MR) is 133 cm³/mol. The Kier molecular flexibility index (Phi) is 3.54. The van der Waals surface area contributed by atoms with Gasteiger partial charge in [-0.25, -0.2) is 0 Å². The van der Waals surface area contributed by atoms with Crippen LogP contribution in [0.5, 0.6) is 0 Å². The van der Waals surface area contributed by atoms with Crippen LogP contribution < -0.4 is 0 Å². The highest BCUT2D eigenvalue weighted by Gasteiger charge is 2.44. The molecule has 0 saturated heterocycles. The molecule has 1 aliphatic heterocycles. The van der Waals surface area contributed by atoms with E-state index in [1.165, 1.54) is 49.7 Å². The first-order valence-corrected chi connectivity index (χ1v) is 11.1. The smallest absolute Gasteiger partial charge is 0.0742 e. The monoisotopic (exact) mass is 407 g/mol. The molecule has 0 N–H and O–H groups in total. The zero-order valence-corrected chi connectivity index (χ0v) is 17.6. The lowest BCUT2D eigenvalue weighted by atomic mass is 9.63. The highest BCUT2D eigenvalue weighted by molar-refractivity contribution is 6.12. The van der Waals surface area contributed by atoms with Crippen molar-refractivity contribution in [2.75, 3.05) is 0 Å². The fourth-order valence-corrected chi connectivity index (χ4v) is 5.87. The Morgan fingerprint density at radius 1 is 0.438 bits per heavy atom. The lowest BCUT2D eigenvalue weighted by Crippen LogP contribution is -2.35. The number of hydrogen-bond acceptors (Lipinski definition) is 0. The maximum Gasteiger partial charge on any atom is 0.0742 e. The van der Waals surface area contributed by atoms with E-state index < -0.39 is 0 Å². The molecule has 0 radical (unpaired) electrons. The van der Waals surface area contributed by atoms with Crippen molar-refractivity contribution in [3.05, 3.63) is 150 Å². The largest absolute Gasteiger partial charge is 0.309 e. The first-order chi connectivity index (χ1) is 15.9. The third-order valence-electron chi connectivity index (χ3n) is 7.06. The molecule has 0 spiro atoms. The van der Waals surface area contributed by atoms with E-state index in [0.717, 1.165) is 0 Å². The summed E-state index contributed by atoms with van der Waals surface area (Å²) in [6.07, 6.45) is 0. The molecule has 1 aromatic heterocycles. The molecule has 32 heavy (non-hydrogen) atoms. The van der Waals surface area contributed by atoms with Crippen LogP contribution in [0.25, 0.3) is 27.5 Å². The Bertz CT molecular complexity index is 1570. The summed E-state index contributed by atoms with van der Waals surface area (Å²) >= 11 is 0. The van der Waals surface area contributed by atoms with Gasteiger partial charge < -0.3 is 4.57 Å². The second-order valence-electron chi connectivity index (χ2n) is 8.55. The first-order valence-electron chi connectivity index (χ1n) is 11.1. The van der Waals surface area contributed by atoms with Crippen LogP contribution >= 0.6 is 0 Å². The lowest BCUT2D eigenvalue weighted by Gasteiger charge is -2.41. The molecule has 1 aliphatic rings. The molecule has 1 nitrogen and oxygen atoms in total. The van der Waals surface area contributed by atoms with E-state index in [1.807, 2.05) is 0 Å². The molecule has 0 amide bonds. The van der Waals surface area contributed by atoms with E-state index in [2.05, 4.69) is 132 Å². The lowest BCUT2D eigenvalue weighted by molar-refractivity contribution is 0.728. The van der Waals surface area contributed by atoms with Crippen LogP contribution in [0.1, 0.15) is 22.3 Å². The molecule has 0 aliphatic carbocycles. The summed E-state index contributed by atoms with van der Waals surface area (Å²) < 4.78 is 2.47. The van der Waals surface area contributed by atoms with Crippen molar-refractivity contribution in [3.8, 4) is 5.69 Å². The standard InChI is InChI=1S/C31H21N/c1-3-12-22(13-4-1)31(23-14-5-2-6-15-23)26-18-8-10-21-29(26)32-28-20-9-7-16-24(28)25-17-11-19-27(31)30(25)32/h1-21H. The minimum Gasteiger partial charge on any atom is -0.309 e. The Balaban J connectivity index is 1.79. The van der Waals surface area contributed by atoms with Gasteiger partial charge in [0.2, 0.25) is 0 Å². The van der Waals surface area contributed by atoms with E-state index in [4.69, 9.17) is 0 Å². The fourth-order valence-electron chi connectivity index (χ4n) is 5.87. The predicted octanol–water partition coefficient (Wildman–Crippen LogP) is 7.48. The summed E-state index contributed by atoms with van der Waals surface area (Å²) in [5.74, 6) is 0. The van der Waals surface area contributed by atoms with Crippen LogP contribution in [-0.2, 0) is 5.41 Å². The van der Waals surface area contributed by atoms with Crippen LogP contribution in [-0.4, -0.2) is 4.57 Å². The van der Waals surface area contributed by atoms with Gasteiger partial charge in [0.1, 0.15) is 0 Å². The SMILES string of the molecule is c1ccc(C2(c3ccccc3)c3ccccc3-n3c4ccccc4c4cccc2c43)cc1. The molecule has 0 unspecified atom stereocenters. The van der Waals surface area contributed by atoms with Crippen molar-refractivity contribution in [3.63, 3.8) is 0 Å². The molecule has 2 heterocycles. The number of rotatable bonds is 2. The number of aromatic nitrogens is 1. The zero-order chi connectivity index (χ0) is 21.1. The second-order valence-corrected chi connectivity index (χ2v) is 8.55. The third-order valence-corrected chi connectivity index (χ3v) is 7.06. The molecule has 0 bridgehead atoms. The Morgan fingerprint density at radius 3 is 1.75 bits per heavy atom. The summed E-state index contributed by atoms with van der Waals surface area (Å²) in [7, 11) is 0. The number of hydrogen-bond donors (Lipinski definition) is 0. The highest BCUT2D eigenvalue weighted by Crippen LogP contribution is 2.53. The average molecular weight is 408 g/mol. The van der Waals surface area contributed by atoms with E-state index >= 15 is 0 Å². The van der Waals surface area contributed by atoms with Gasteiger partial charge in [-0.15, -0.1) is 0 Å². The molecule has 150 valence electrons. The van der Waals surface area contributed by atoms with Crippen molar-refractivity contribution in [1.82, 2.24) is 4.57 Å². The van der Waals surface area contributed by atoms with Gasteiger partial charge in [0, 0.05) is 10.8 Å². The molecule has 0 fully saturated rings. The van der Waals surface area contributed by atoms with Gasteiger partial charge in [0.05, 0.1) is 22.1 Å². The minimum atomic E-state index is -0.386. The summed E-state index contributed by atoms with van der Waals surface area (Å²) in [6, 6.07) is 46.5. The van der Waals surface area contributed by atoms with E-state index in [0.29, 0.717) is 0 Å². The summed E-state index contributed by atoms with van der Waals surface area (Å²) in [6.45, 7) is 0. The van der Waals surface area contributed by atoms with Crippen LogP contribution in [0.4, 0.5) is 0 Å². The Labute approximate surface area is 187 Å². The maximum absolute atomic E-state index is 2.47. The average Bonchev–Trinajstić information content (AvgIpc) is 3.22. The number of benzene rings is 5. The van der Waals surface area contributed by atoms with Crippen molar-refractivity contribution < 1.29 is 0 Å². The normalized spacial score (nSPS) is 13.9. The first kappa shape index (κ1) is 17.6. The van der Waals surface area contributed by atoms with Crippen LogP contribution in [0, 0.1) is 0 Å². The van der Waals surface area contributed by atoms with Crippen LogP contribution in [0.3, 0.4) is 0 Å². The molecular weight excluding hydrogens is 386 g/mol. The van der Waals surface area contributed by atoms with Gasteiger partial charge in [0.25, 0.3) is 0 Å². The second kappa shape index (κ2) is 6.45. The molecule has 5 aromatic carbocycles. The highest BCUT2D eigenvalue weighted by atomic mass is 15.0. The van der Waals surface area contributed by atoms with Crippen LogP contribution in [0.15, 0.2) is 127 Å². The topological polar surface area (TPSA) is 4.93 Å². The van der Waals surface area contributed by atoms with Crippen molar-refractivity contribution >= 4 is 21.8 Å². The van der Waals surface area contributed by atoms with Gasteiger partial charge in [-0.05, 0) is 34.4 Å². The molecule has 0 saturated carbocycles. The molecular formula is C31H21N. The van der Waals surface area contributed by atoms with Crippen molar-refractivity contribution in [1.29, 1.82) is 0 Å². The number of fused-ring (bicyclic) bond motifs is 5. The molecule has 1 heteroatoms. The van der Waals surface area contributed by atoms with Gasteiger partial charge in [0.15, 0.2) is 0 Å². The molecule has 0 atom stereocenters. The Morgan fingerprint density at radius 2 is 1.00 bits per heavy atom. The number of para-hydroxylation sites is 3. The van der Waals surface area contributed by atoms with E-state index in [9.17, 15) is 0 Å². The Hall–Kier alpha value is -4.10. The van der Waals surface area contributed by atoms with Crippen molar-refractivity contribution in [2.45, 2.75) is 5.41 Å². The summed E-state index contributed by atoms with van der Waals surface area (Å²) in [5, 5.41) is 2.61. The quantitative estimate of drug-likeness (QED) is 0.280. The zero-order valence-electron chi connectivity index (χ0n) is 17.6. The van der Waals surface area contributed by atoms with Gasteiger partial charge in [-0.1, -0.05) is 115 Å². The van der Waals surface area contributed by atoms with Gasteiger partial charge in [-0.2, -0.15) is 0 Å². The van der Waals surface area contributed by atoms with Gasteiger partial charge >= 0.3 is 0 Å². The summed E-state index contributed by atoms with van der Waals surface area (Å²) in [5.41, 5.74) is 8.68. The van der Waals surface area contributed by atoms with Crippen LogP contribution in [0.2, 0.25) is 0 Å². The van der Waals surface area contributed by atoms with E-state index in [-0.39, 0.29) is 5.41 Å². The molecule has 6 aromatic rings. The fraction of sp³-hybridized carbons (Fsp3) is 0.0323. The minimum absolute atomic E-state index is 0.386. The number of nitrogens with zero attached hydrogens (tertiary/aromatic N) is 1. The van der Waals surface area contributed by atoms with Crippen molar-refractivity contribution in [2.24, 2.45) is 0 Å². The molecule has 7 rings (SSSR count).